The number of rotatable bonds is 7. The number of likely N-dealkylation sites (tertiary alicyclic amines) is 1. The van der Waals surface area contributed by atoms with Gasteiger partial charge in [0.15, 0.2) is 0 Å². The maximum Gasteiger partial charge on any atom is 0.141 e. The molecule has 1 saturated heterocycles. The number of anilines is 3. The van der Waals surface area contributed by atoms with E-state index in [9.17, 15) is 9.65 Å². The van der Waals surface area contributed by atoms with E-state index < -0.39 is 11.9 Å². The maximum absolute atomic E-state index is 13.9. The molecule has 4 heterocycles. The molecule has 0 saturated carbocycles. The largest absolute Gasteiger partial charge is 0.373 e. The van der Waals surface area contributed by atoms with Gasteiger partial charge < -0.3 is 10.6 Å². The highest BCUT2D eigenvalue weighted by molar-refractivity contribution is 6.36. The highest BCUT2D eigenvalue weighted by Crippen LogP contribution is 2.38. The summed E-state index contributed by atoms with van der Waals surface area (Å²) in [5, 5.41) is 27.3. The predicted molar refractivity (Wildman–Crippen MR) is 185 cm³/mol. The number of pyridine rings is 2. The number of fused-ring (bicyclic) bond motifs is 1. The number of benzene rings is 2. The standard InChI is InChI=1S/C34H33Cl3FN9/c1-19-24(6-8-30(37)41-19)33(29-18-47(45-44-29)23-9-11-46(12-10-23)34(2,3)4)43-22-13-25-31(42-21-5-7-28(38)26(35)14-21)20(16-39)17-40-32(25)27(36)15-22/h5-8,13-15,17-18,23,33,43H,9-12H2,1-4H3,(H,40,42). The van der Waals surface area contributed by atoms with Crippen LogP contribution < -0.4 is 10.6 Å². The number of hydrogen-bond acceptors (Lipinski definition) is 8. The summed E-state index contributed by atoms with van der Waals surface area (Å²) in [5.74, 6) is -0.544. The Bertz CT molecular complexity index is 1990. The third kappa shape index (κ3) is 6.99. The second-order valence-electron chi connectivity index (χ2n) is 12.7. The zero-order chi connectivity index (χ0) is 33.5. The summed E-state index contributed by atoms with van der Waals surface area (Å²) < 4.78 is 15.9. The Balaban J connectivity index is 1.38. The molecule has 242 valence electrons. The van der Waals surface area contributed by atoms with Gasteiger partial charge in [0.25, 0.3) is 0 Å². The van der Waals surface area contributed by atoms with E-state index in [2.05, 4.69) is 62.7 Å². The van der Waals surface area contributed by atoms with Gasteiger partial charge in [-0.1, -0.05) is 46.1 Å². The SMILES string of the molecule is Cc1nc(Cl)ccc1C(Nc1cc(Cl)c2ncc(C#N)c(Nc3ccc(F)c(Cl)c3)c2c1)c1cn(C2CCN(C(C)(C)C)CC2)nn1. The van der Waals surface area contributed by atoms with Crippen LogP contribution in [0.5, 0.6) is 0 Å². The summed E-state index contributed by atoms with van der Waals surface area (Å²) in [4.78, 5) is 11.5. The number of aromatic nitrogens is 5. The Morgan fingerprint density at radius 2 is 1.77 bits per heavy atom. The van der Waals surface area contributed by atoms with E-state index in [-0.39, 0.29) is 22.2 Å². The number of halogens is 4. The highest BCUT2D eigenvalue weighted by atomic mass is 35.5. The van der Waals surface area contributed by atoms with Gasteiger partial charge in [-0.3, -0.25) is 9.88 Å². The third-order valence-electron chi connectivity index (χ3n) is 8.56. The van der Waals surface area contributed by atoms with E-state index in [0.717, 1.165) is 37.2 Å². The van der Waals surface area contributed by atoms with Crippen molar-refractivity contribution in [3.05, 3.63) is 98.4 Å². The molecule has 1 atom stereocenters. The monoisotopic (exact) mass is 691 g/mol. The molecule has 5 aromatic rings. The van der Waals surface area contributed by atoms with Gasteiger partial charge in [-0.2, -0.15) is 5.26 Å². The van der Waals surface area contributed by atoms with Crippen molar-refractivity contribution in [2.24, 2.45) is 0 Å². The van der Waals surface area contributed by atoms with Gasteiger partial charge in [0.05, 0.1) is 45.1 Å². The van der Waals surface area contributed by atoms with E-state index in [0.29, 0.717) is 43.8 Å². The minimum absolute atomic E-state index is 0.0464. The number of nitrogens with zero attached hydrogens (tertiary/aromatic N) is 7. The van der Waals surface area contributed by atoms with Crippen LogP contribution in [0.25, 0.3) is 10.9 Å². The molecule has 47 heavy (non-hydrogen) atoms. The van der Waals surface area contributed by atoms with Crippen molar-refractivity contribution in [2.45, 2.75) is 58.2 Å². The number of aryl methyl sites for hydroxylation is 1. The minimum Gasteiger partial charge on any atom is -0.373 e. The van der Waals surface area contributed by atoms with Crippen LogP contribution in [0.3, 0.4) is 0 Å². The Kier molecular flexibility index (Phi) is 9.27. The van der Waals surface area contributed by atoms with Gasteiger partial charge in [-0.25, -0.2) is 14.1 Å². The van der Waals surface area contributed by atoms with Crippen molar-refractivity contribution in [1.82, 2.24) is 29.9 Å². The smallest absolute Gasteiger partial charge is 0.141 e. The van der Waals surface area contributed by atoms with Crippen LogP contribution in [0.15, 0.2) is 54.9 Å². The quantitative estimate of drug-likeness (QED) is 0.163. The third-order valence-corrected chi connectivity index (χ3v) is 9.35. The van der Waals surface area contributed by atoms with E-state index in [4.69, 9.17) is 34.8 Å². The fourth-order valence-electron chi connectivity index (χ4n) is 6.01. The van der Waals surface area contributed by atoms with Crippen molar-refractivity contribution in [3.8, 4) is 6.07 Å². The maximum atomic E-state index is 13.9. The average Bonchev–Trinajstić information content (AvgIpc) is 3.52. The lowest BCUT2D eigenvalue weighted by Crippen LogP contribution is -2.46. The van der Waals surface area contributed by atoms with Gasteiger partial charge in [0.2, 0.25) is 0 Å². The molecule has 0 amide bonds. The first-order chi connectivity index (χ1) is 22.4. The van der Waals surface area contributed by atoms with Crippen molar-refractivity contribution < 1.29 is 4.39 Å². The molecule has 9 nitrogen and oxygen atoms in total. The van der Waals surface area contributed by atoms with Crippen LogP contribution in [-0.4, -0.2) is 48.5 Å². The van der Waals surface area contributed by atoms with E-state index in [1.807, 2.05) is 29.9 Å². The number of piperidine rings is 1. The summed E-state index contributed by atoms with van der Waals surface area (Å²) in [7, 11) is 0. The molecule has 6 rings (SSSR count). The van der Waals surface area contributed by atoms with Crippen molar-refractivity contribution in [2.75, 3.05) is 23.7 Å². The second kappa shape index (κ2) is 13.2. The van der Waals surface area contributed by atoms with Gasteiger partial charge in [-0.05, 0) is 76.9 Å². The Morgan fingerprint density at radius 3 is 2.45 bits per heavy atom. The molecule has 0 spiro atoms. The van der Waals surface area contributed by atoms with Crippen LogP contribution in [0.1, 0.15) is 68.2 Å². The summed E-state index contributed by atoms with van der Waals surface area (Å²) >= 11 is 19.1. The zero-order valence-electron chi connectivity index (χ0n) is 26.3. The molecule has 1 aliphatic rings. The van der Waals surface area contributed by atoms with E-state index >= 15 is 0 Å². The Hall–Kier alpha value is -4.01. The molecule has 1 aliphatic heterocycles. The molecular formula is C34H33Cl3FN9. The molecule has 13 heteroatoms. The van der Waals surface area contributed by atoms with E-state index in [1.54, 1.807) is 18.2 Å². The Labute approximate surface area is 287 Å². The minimum atomic E-state index is -0.544. The topological polar surface area (TPSA) is 108 Å². The molecule has 1 unspecified atom stereocenters. The first kappa shape index (κ1) is 32.9. The number of hydrogen-bond donors (Lipinski definition) is 2. The molecular weight excluding hydrogens is 660 g/mol. The highest BCUT2D eigenvalue weighted by Gasteiger charge is 2.29. The van der Waals surface area contributed by atoms with Gasteiger partial charge in [-0.15, -0.1) is 5.10 Å². The van der Waals surface area contributed by atoms with Crippen LogP contribution >= 0.6 is 34.8 Å². The molecule has 0 aliphatic carbocycles. The lowest BCUT2D eigenvalue weighted by molar-refractivity contribution is 0.0866. The summed E-state index contributed by atoms with van der Waals surface area (Å²) in [6.45, 7) is 10.6. The predicted octanol–water partition coefficient (Wildman–Crippen LogP) is 8.88. The summed E-state index contributed by atoms with van der Waals surface area (Å²) in [6.07, 6.45) is 5.39. The zero-order valence-corrected chi connectivity index (χ0v) is 28.6. The van der Waals surface area contributed by atoms with E-state index in [1.165, 1.54) is 18.3 Å². The van der Waals surface area contributed by atoms with Crippen LogP contribution in [0.2, 0.25) is 15.2 Å². The fraction of sp³-hybridized carbons (Fsp3) is 0.324. The van der Waals surface area contributed by atoms with Crippen LogP contribution in [0, 0.1) is 24.1 Å². The van der Waals surface area contributed by atoms with Crippen molar-refractivity contribution in [1.29, 1.82) is 5.26 Å². The van der Waals surface area contributed by atoms with Crippen molar-refractivity contribution in [3.63, 3.8) is 0 Å². The number of nitrogens with one attached hydrogen (secondary N) is 2. The molecule has 2 aromatic carbocycles. The first-order valence-corrected chi connectivity index (χ1v) is 16.4. The second-order valence-corrected chi connectivity index (χ2v) is 13.9. The lowest BCUT2D eigenvalue weighted by Gasteiger charge is -2.40. The molecule has 3 aromatic heterocycles. The van der Waals surface area contributed by atoms with Crippen LogP contribution in [-0.2, 0) is 0 Å². The fourth-order valence-corrected chi connectivity index (χ4v) is 6.65. The average molecular weight is 693 g/mol. The number of nitriles is 1. The normalized spacial score (nSPS) is 15.0. The van der Waals surface area contributed by atoms with Gasteiger partial charge in [0, 0.05) is 52.8 Å². The molecule has 0 bridgehead atoms. The van der Waals surface area contributed by atoms with Crippen LogP contribution in [0.4, 0.5) is 21.5 Å². The van der Waals surface area contributed by atoms with Gasteiger partial charge in [0.1, 0.15) is 22.7 Å². The molecule has 1 fully saturated rings. The lowest BCUT2D eigenvalue weighted by atomic mass is 9.98. The Morgan fingerprint density at radius 1 is 1.02 bits per heavy atom. The first-order valence-electron chi connectivity index (χ1n) is 15.2. The summed E-state index contributed by atoms with van der Waals surface area (Å²) in [6, 6.07) is 13.5. The summed E-state index contributed by atoms with van der Waals surface area (Å²) in [5.41, 5.74) is 4.80. The van der Waals surface area contributed by atoms with Gasteiger partial charge >= 0.3 is 0 Å². The molecule has 2 N–H and O–H groups in total. The molecule has 0 radical (unpaired) electrons. The van der Waals surface area contributed by atoms with Crippen molar-refractivity contribution >= 4 is 62.8 Å².